The van der Waals surface area contributed by atoms with Crippen LogP contribution in [0.15, 0.2) is 47.6 Å². The summed E-state index contributed by atoms with van der Waals surface area (Å²) in [6.07, 6.45) is 3.19. The maximum absolute atomic E-state index is 12.5. The summed E-state index contributed by atoms with van der Waals surface area (Å²) in [6, 6.07) is 8.23. The molecule has 1 aromatic carbocycles. The molecule has 32 heavy (non-hydrogen) atoms. The molecule has 0 radical (unpaired) electrons. The van der Waals surface area contributed by atoms with Crippen LogP contribution in [0, 0.1) is 6.92 Å². The average molecular weight is 459 g/mol. The highest BCUT2D eigenvalue weighted by atomic mass is 32.2. The molecule has 3 heterocycles. The van der Waals surface area contributed by atoms with E-state index in [4.69, 9.17) is 9.47 Å². The second kappa shape index (κ2) is 9.74. The van der Waals surface area contributed by atoms with Crippen molar-refractivity contribution in [3.8, 4) is 11.4 Å². The molecule has 1 atom stereocenters. The van der Waals surface area contributed by atoms with Gasteiger partial charge in [-0.05, 0) is 44.2 Å². The number of rotatable bonds is 8. The second-order valence-electron chi connectivity index (χ2n) is 7.27. The Kier molecular flexibility index (Phi) is 6.80. The van der Waals surface area contributed by atoms with Crippen molar-refractivity contribution in [2.75, 3.05) is 31.7 Å². The first-order chi connectivity index (χ1) is 15.5. The molecule has 0 spiro atoms. The summed E-state index contributed by atoms with van der Waals surface area (Å²) in [5, 5.41) is 3.12. The van der Waals surface area contributed by atoms with Crippen LogP contribution in [-0.2, 0) is 26.0 Å². The second-order valence-corrected chi connectivity index (χ2v) is 9.04. The third kappa shape index (κ3) is 5.13. The van der Waals surface area contributed by atoms with Gasteiger partial charge in [0.25, 0.3) is 0 Å². The fourth-order valence-corrected chi connectivity index (χ4v) is 4.49. The van der Waals surface area contributed by atoms with E-state index < -0.39 is 10.0 Å². The van der Waals surface area contributed by atoms with Crippen molar-refractivity contribution in [2.24, 2.45) is 0 Å². The van der Waals surface area contributed by atoms with Gasteiger partial charge < -0.3 is 19.4 Å². The summed E-state index contributed by atoms with van der Waals surface area (Å²) in [6.45, 7) is 6.34. The predicted molar refractivity (Wildman–Crippen MR) is 119 cm³/mol. The molecule has 1 aliphatic rings. The van der Waals surface area contributed by atoms with E-state index in [-0.39, 0.29) is 17.5 Å². The maximum Gasteiger partial charge on any atom is 0.240 e. The van der Waals surface area contributed by atoms with Crippen molar-refractivity contribution in [1.82, 2.24) is 24.2 Å². The number of ether oxygens (including phenoxy) is 2. The van der Waals surface area contributed by atoms with Crippen molar-refractivity contribution in [2.45, 2.75) is 31.4 Å². The molecule has 1 aliphatic heterocycles. The number of aromatic nitrogens is 4. The molecule has 3 aromatic rings. The standard InChI is InChI=1S/C21H26N6O4S/c1-3-27-15(2)23-13-20(27)19-8-9-22-21(26-19)25-16-4-6-18(7-5-16)32(28,29)24-12-17-14-30-10-11-31-17/h4-9,13,17,24H,3,10-12,14H2,1-2H3,(H,22,25,26). The Morgan fingerprint density at radius 3 is 2.69 bits per heavy atom. The van der Waals surface area contributed by atoms with Crippen LogP contribution in [0.2, 0.25) is 0 Å². The Bertz CT molecular complexity index is 1160. The normalized spacial score (nSPS) is 16.8. The van der Waals surface area contributed by atoms with E-state index >= 15 is 0 Å². The van der Waals surface area contributed by atoms with Gasteiger partial charge in [0, 0.05) is 25.0 Å². The molecule has 170 valence electrons. The van der Waals surface area contributed by atoms with Crippen molar-refractivity contribution in [1.29, 1.82) is 0 Å². The van der Waals surface area contributed by atoms with Crippen LogP contribution < -0.4 is 10.0 Å². The lowest BCUT2D eigenvalue weighted by atomic mass is 10.3. The van der Waals surface area contributed by atoms with Crippen LogP contribution >= 0.6 is 0 Å². The van der Waals surface area contributed by atoms with E-state index in [2.05, 4.69) is 36.5 Å². The largest absolute Gasteiger partial charge is 0.376 e. The first-order valence-corrected chi connectivity index (χ1v) is 11.9. The van der Waals surface area contributed by atoms with E-state index in [9.17, 15) is 8.42 Å². The van der Waals surface area contributed by atoms with Gasteiger partial charge >= 0.3 is 0 Å². The third-order valence-electron chi connectivity index (χ3n) is 5.10. The Labute approximate surface area is 187 Å². The number of benzene rings is 1. The van der Waals surface area contributed by atoms with E-state index in [1.807, 2.05) is 13.0 Å². The first-order valence-electron chi connectivity index (χ1n) is 10.4. The lowest BCUT2D eigenvalue weighted by Gasteiger charge is -2.23. The topological polar surface area (TPSA) is 120 Å². The number of nitrogens with zero attached hydrogens (tertiary/aromatic N) is 4. The number of imidazole rings is 1. The van der Waals surface area contributed by atoms with Gasteiger partial charge in [0.2, 0.25) is 16.0 Å². The van der Waals surface area contributed by atoms with E-state index in [1.165, 1.54) is 12.1 Å². The van der Waals surface area contributed by atoms with E-state index in [1.54, 1.807) is 24.5 Å². The van der Waals surface area contributed by atoms with Crippen LogP contribution in [0.4, 0.5) is 11.6 Å². The SMILES string of the molecule is CCn1c(-c2ccnc(Nc3ccc(S(=O)(=O)NCC4COCCO4)cc3)n2)cnc1C. The third-order valence-corrected chi connectivity index (χ3v) is 6.54. The Morgan fingerprint density at radius 2 is 1.97 bits per heavy atom. The highest BCUT2D eigenvalue weighted by Crippen LogP contribution is 2.21. The summed E-state index contributed by atoms with van der Waals surface area (Å²) in [7, 11) is -3.65. The first kappa shape index (κ1) is 22.3. The molecule has 1 fully saturated rings. The van der Waals surface area contributed by atoms with Crippen LogP contribution in [0.5, 0.6) is 0 Å². The minimum absolute atomic E-state index is 0.163. The van der Waals surface area contributed by atoms with Crippen molar-refractivity contribution in [3.05, 3.63) is 48.5 Å². The van der Waals surface area contributed by atoms with Gasteiger partial charge in [-0.25, -0.2) is 28.1 Å². The average Bonchev–Trinajstić information content (AvgIpc) is 3.19. The zero-order valence-electron chi connectivity index (χ0n) is 18.0. The molecule has 2 aromatic heterocycles. The molecule has 11 heteroatoms. The number of hydrogen-bond acceptors (Lipinski definition) is 8. The molecule has 0 saturated carbocycles. The Morgan fingerprint density at radius 1 is 1.16 bits per heavy atom. The number of aryl methyl sites for hydroxylation is 1. The minimum atomic E-state index is -3.65. The Balaban J connectivity index is 1.43. The molecular weight excluding hydrogens is 432 g/mol. The smallest absolute Gasteiger partial charge is 0.240 e. The monoisotopic (exact) mass is 458 g/mol. The van der Waals surface area contributed by atoms with Gasteiger partial charge in [-0.3, -0.25) is 0 Å². The summed E-state index contributed by atoms with van der Waals surface area (Å²) >= 11 is 0. The number of hydrogen-bond donors (Lipinski definition) is 2. The van der Waals surface area contributed by atoms with Crippen molar-refractivity contribution < 1.29 is 17.9 Å². The molecule has 0 bridgehead atoms. The summed E-state index contributed by atoms with van der Waals surface area (Å²) < 4.78 is 40.5. The number of sulfonamides is 1. The molecular formula is C21H26N6O4S. The minimum Gasteiger partial charge on any atom is -0.376 e. The zero-order valence-corrected chi connectivity index (χ0v) is 18.8. The lowest BCUT2D eigenvalue weighted by molar-refractivity contribution is -0.0846. The highest BCUT2D eigenvalue weighted by molar-refractivity contribution is 7.89. The quantitative estimate of drug-likeness (QED) is 0.527. The predicted octanol–water partition coefficient (Wildman–Crippen LogP) is 2.11. The molecule has 2 N–H and O–H groups in total. The molecule has 10 nitrogen and oxygen atoms in total. The van der Waals surface area contributed by atoms with Crippen LogP contribution in [-0.4, -0.2) is 60.4 Å². The highest BCUT2D eigenvalue weighted by Gasteiger charge is 2.19. The fraction of sp³-hybridized carbons (Fsp3) is 0.381. The molecule has 0 amide bonds. The number of nitrogens with one attached hydrogen (secondary N) is 2. The zero-order chi connectivity index (χ0) is 22.6. The van der Waals surface area contributed by atoms with Gasteiger partial charge in [-0.2, -0.15) is 0 Å². The van der Waals surface area contributed by atoms with Gasteiger partial charge in [0.05, 0.1) is 48.4 Å². The Hall–Kier alpha value is -2.86. The molecule has 1 saturated heterocycles. The van der Waals surface area contributed by atoms with Crippen molar-refractivity contribution >= 4 is 21.7 Å². The van der Waals surface area contributed by atoms with E-state index in [0.29, 0.717) is 31.5 Å². The maximum atomic E-state index is 12.5. The summed E-state index contributed by atoms with van der Waals surface area (Å²) in [5.74, 6) is 1.33. The summed E-state index contributed by atoms with van der Waals surface area (Å²) in [5.41, 5.74) is 2.34. The van der Waals surface area contributed by atoms with Gasteiger partial charge in [-0.15, -0.1) is 0 Å². The van der Waals surface area contributed by atoms with Crippen LogP contribution in [0.25, 0.3) is 11.4 Å². The number of anilines is 2. The fourth-order valence-electron chi connectivity index (χ4n) is 3.42. The summed E-state index contributed by atoms with van der Waals surface area (Å²) in [4.78, 5) is 13.4. The molecule has 1 unspecified atom stereocenters. The molecule has 4 rings (SSSR count). The lowest BCUT2D eigenvalue weighted by Crippen LogP contribution is -2.39. The van der Waals surface area contributed by atoms with Gasteiger partial charge in [0.1, 0.15) is 5.82 Å². The van der Waals surface area contributed by atoms with E-state index in [0.717, 1.165) is 23.8 Å². The van der Waals surface area contributed by atoms with Crippen LogP contribution in [0.3, 0.4) is 0 Å². The van der Waals surface area contributed by atoms with Gasteiger partial charge in [0.15, 0.2) is 0 Å². The van der Waals surface area contributed by atoms with Gasteiger partial charge in [-0.1, -0.05) is 0 Å². The van der Waals surface area contributed by atoms with Crippen molar-refractivity contribution in [3.63, 3.8) is 0 Å². The van der Waals surface area contributed by atoms with Crippen LogP contribution in [0.1, 0.15) is 12.7 Å². The molecule has 0 aliphatic carbocycles.